The number of carbonyl (C=O) groups excluding carboxylic acids is 1. The van der Waals surface area contributed by atoms with E-state index in [-0.39, 0.29) is 30.0 Å². The van der Waals surface area contributed by atoms with E-state index in [0.29, 0.717) is 6.42 Å². The lowest BCUT2D eigenvalue weighted by atomic mass is 9.85. The van der Waals surface area contributed by atoms with Gasteiger partial charge in [0.25, 0.3) is 0 Å². The number of rotatable bonds is 6. The lowest BCUT2D eigenvalue weighted by Crippen LogP contribution is -2.46. The molecule has 0 aliphatic heterocycles. The Labute approximate surface area is 139 Å². The summed E-state index contributed by atoms with van der Waals surface area (Å²) >= 11 is 0. The van der Waals surface area contributed by atoms with Gasteiger partial charge in [-0.2, -0.15) is 0 Å². The minimum Gasteiger partial charge on any atom is -0.396 e. The Kier molecular flexibility index (Phi) is 5.82. The van der Waals surface area contributed by atoms with Gasteiger partial charge in [-0.3, -0.25) is 4.79 Å². The van der Waals surface area contributed by atoms with Crippen molar-refractivity contribution < 1.29 is 9.90 Å². The van der Waals surface area contributed by atoms with Crippen LogP contribution >= 0.6 is 0 Å². The van der Waals surface area contributed by atoms with Crippen molar-refractivity contribution >= 4 is 11.6 Å². The summed E-state index contributed by atoms with van der Waals surface area (Å²) in [5.41, 5.74) is 3.13. The van der Waals surface area contributed by atoms with Crippen molar-refractivity contribution in [2.75, 3.05) is 11.9 Å². The third kappa shape index (κ3) is 4.33. The van der Waals surface area contributed by atoms with E-state index in [0.717, 1.165) is 30.5 Å². The van der Waals surface area contributed by atoms with Gasteiger partial charge in [0.2, 0.25) is 5.91 Å². The van der Waals surface area contributed by atoms with Crippen LogP contribution in [0.25, 0.3) is 0 Å². The lowest BCUT2D eigenvalue weighted by Gasteiger charge is -2.32. The number of nitrogens with one attached hydrogen (secondary N) is 2. The SMILES string of the molecule is Cc1cccc(NC(=O)CC(C)NC2CCCC2(C)CO)c1C. The number of hydrogen-bond acceptors (Lipinski definition) is 3. The van der Waals surface area contributed by atoms with Crippen molar-refractivity contribution in [1.82, 2.24) is 5.32 Å². The Balaban J connectivity index is 1.89. The molecule has 3 N–H and O–H groups in total. The fourth-order valence-corrected chi connectivity index (χ4v) is 3.47. The predicted octanol–water partition coefficient (Wildman–Crippen LogP) is 3.16. The van der Waals surface area contributed by atoms with E-state index in [4.69, 9.17) is 0 Å². The van der Waals surface area contributed by atoms with Gasteiger partial charge in [0.1, 0.15) is 0 Å². The number of benzene rings is 1. The van der Waals surface area contributed by atoms with Crippen LogP contribution in [-0.4, -0.2) is 29.7 Å². The maximum absolute atomic E-state index is 12.3. The molecule has 128 valence electrons. The van der Waals surface area contributed by atoms with E-state index in [1.807, 2.05) is 39.0 Å². The number of aryl methyl sites for hydroxylation is 1. The van der Waals surface area contributed by atoms with E-state index in [1.165, 1.54) is 5.56 Å². The van der Waals surface area contributed by atoms with Gasteiger partial charge in [-0.1, -0.05) is 25.5 Å². The molecule has 1 aliphatic rings. The maximum Gasteiger partial charge on any atom is 0.225 e. The first-order chi connectivity index (χ1) is 10.9. The molecule has 1 amide bonds. The molecule has 0 radical (unpaired) electrons. The van der Waals surface area contributed by atoms with Crippen LogP contribution in [0, 0.1) is 19.3 Å². The molecular weight excluding hydrogens is 288 g/mol. The third-order valence-electron chi connectivity index (χ3n) is 5.30. The molecule has 1 aliphatic carbocycles. The van der Waals surface area contributed by atoms with Crippen LogP contribution in [0.5, 0.6) is 0 Å². The van der Waals surface area contributed by atoms with E-state index in [1.54, 1.807) is 0 Å². The van der Waals surface area contributed by atoms with Crippen LogP contribution in [0.3, 0.4) is 0 Å². The zero-order chi connectivity index (χ0) is 17.0. The molecule has 0 bridgehead atoms. The third-order valence-corrected chi connectivity index (χ3v) is 5.30. The summed E-state index contributed by atoms with van der Waals surface area (Å²) in [6, 6.07) is 6.33. The monoisotopic (exact) mass is 318 g/mol. The van der Waals surface area contributed by atoms with E-state index in [2.05, 4.69) is 17.6 Å². The van der Waals surface area contributed by atoms with Crippen molar-refractivity contribution in [3.05, 3.63) is 29.3 Å². The molecule has 1 aromatic carbocycles. The number of amides is 1. The highest BCUT2D eigenvalue weighted by Crippen LogP contribution is 2.37. The summed E-state index contributed by atoms with van der Waals surface area (Å²) in [4.78, 5) is 12.3. The zero-order valence-corrected chi connectivity index (χ0v) is 14.8. The molecule has 3 unspecified atom stereocenters. The number of anilines is 1. The molecule has 0 spiro atoms. The number of carbonyl (C=O) groups is 1. The average Bonchev–Trinajstić information content (AvgIpc) is 2.85. The van der Waals surface area contributed by atoms with Crippen LogP contribution in [-0.2, 0) is 4.79 Å². The minimum atomic E-state index is -0.0577. The largest absolute Gasteiger partial charge is 0.396 e. The van der Waals surface area contributed by atoms with Crippen molar-refractivity contribution in [1.29, 1.82) is 0 Å². The second-order valence-electron chi connectivity index (χ2n) is 7.32. The number of hydrogen-bond donors (Lipinski definition) is 3. The molecule has 0 heterocycles. The molecule has 1 aromatic rings. The smallest absolute Gasteiger partial charge is 0.225 e. The van der Waals surface area contributed by atoms with Gasteiger partial charge in [-0.15, -0.1) is 0 Å². The van der Waals surface area contributed by atoms with Gasteiger partial charge < -0.3 is 15.7 Å². The summed E-state index contributed by atoms with van der Waals surface area (Å²) in [5, 5.41) is 16.2. The van der Waals surface area contributed by atoms with Gasteiger partial charge in [0, 0.05) is 36.2 Å². The maximum atomic E-state index is 12.3. The molecule has 2 rings (SSSR count). The van der Waals surface area contributed by atoms with Crippen LogP contribution in [0.2, 0.25) is 0 Å². The molecule has 23 heavy (non-hydrogen) atoms. The van der Waals surface area contributed by atoms with Gasteiger partial charge in [-0.25, -0.2) is 0 Å². The van der Waals surface area contributed by atoms with E-state index in [9.17, 15) is 9.90 Å². The predicted molar refractivity (Wildman–Crippen MR) is 94.6 cm³/mol. The Hall–Kier alpha value is -1.39. The molecule has 3 atom stereocenters. The molecule has 4 heteroatoms. The van der Waals surface area contributed by atoms with Crippen molar-refractivity contribution in [3.8, 4) is 0 Å². The fourth-order valence-electron chi connectivity index (χ4n) is 3.47. The number of aliphatic hydroxyl groups excluding tert-OH is 1. The van der Waals surface area contributed by atoms with Crippen molar-refractivity contribution in [2.24, 2.45) is 5.41 Å². The summed E-state index contributed by atoms with van der Waals surface area (Å²) in [7, 11) is 0. The standard InChI is InChI=1S/C19H30N2O2/c1-13-7-5-8-16(15(13)3)21-18(23)11-14(2)20-17-9-6-10-19(17,4)12-22/h5,7-8,14,17,20,22H,6,9-12H2,1-4H3,(H,21,23). The van der Waals surface area contributed by atoms with E-state index >= 15 is 0 Å². The van der Waals surface area contributed by atoms with Gasteiger partial charge in [-0.05, 0) is 50.8 Å². The molecular formula is C19H30N2O2. The topological polar surface area (TPSA) is 61.4 Å². The first kappa shape index (κ1) is 18.0. The van der Waals surface area contributed by atoms with Crippen LogP contribution < -0.4 is 10.6 Å². The molecule has 1 fully saturated rings. The fraction of sp³-hybridized carbons (Fsp3) is 0.632. The highest BCUT2D eigenvalue weighted by molar-refractivity contribution is 5.92. The molecule has 0 saturated heterocycles. The molecule has 1 saturated carbocycles. The van der Waals surface area contributed by atoms with Crippen LogP contribution in [0.1, 0.15) is 50.7 Å². The Morgan fingerprint density at radius 2 is 2.17 bits per heavy atom. The highest BCUT2D eigenvalue weighted by Gasteiger charge is 2.38. The second-order valence-corrected chi connectivity index (χ2v) is 7.32. The Bertz CT molecular complexity index is 558. The van der Waals surface area contributed by atoms with Gasteiger partial charge in [0.15, 0.2) is 0 Å². The second kappa shape index (κ2) is 7.45. The average molecular weight is 318 g/mol. The minimum absolute atomic E-state index is 0.0300. The summed E-state index contributed by atoms with van der Waals surface area (Å²) in [6.07, 6.45) is 3.68. The first-order valence-electron chi connectivity index (χ1n) is 8.58. The molecule has 4 nitrogen and oxygen atoms in total. The lowest BCUT2D eigenvalue weighted by molar-refractivity contribution is -0.116. The summed E-state index contributed by atoms with van der Waals surface area (Å²) in [5.74, 6) is 0.0300. The highest BCUT2D eigenvalue weighted by atomic mass is 16.3. The van der Waals surface area contributed by atoms with Crippen molar-refractivity contribution in [3.63, 3.8) is 0 Å². The first-order valence-corrected chi connectivity index (χ1v) is 8.58. The zero-order valence-electron chi connectivity index (χ0n) is 14.8. The van der Waals surface area contributed by atoms with Gasteiger partial charge >= 0.3 is 0 Å². The van der Waals surface area contributed by atoms with Gasteiger partial charge in [0.05, 0.1) is 0 Å². The van der Waals surface area contributed by atoms with Crippen molar-refractivity contribution in [2.45, 2.75) is 65.5 Å². The normalized spacial score (nSPS) is 25.3. The van der Waals surface area contributed by atoms with Crippen LogP contribution in [0.4, 0.5) is 5.69 Å². The molecule has 0 aromatic heterocycles. The summed E-state index contributed by atoms with van der Waals surface area (Å²) < 4.78 is 0. The number of aliphatic hydroxyl groups is 1. The van der Waals surface area contributed by atoms with Crippen LogP contribution in [0.15, 0.2) is 18.2 Å². The quantitative estimate of drug-likeness (QED) is 0.755. The van der Waals surface area contributed by atoms with E-state index < -0.39 is 0 Å². The Morgan fingerprint density at radius 1 is 1.43 bits per heavy atom. The Morgan fingerprint density at radius 3 is 2.87 bits per heavy atom. The summed E-state index contributed by atoms with van der Waals surface area (Å²) in [6.45, 7) is 8.44.